The number of amides is 1. The van der Waals surface area contributed by atoms with Crippen LogP contribution >= 0.6 is 11.3 Å². The molecule has 23 heavy (non-hydrogen) atoms. The Kier molecular flexibility index (Phi) is 5.03. The number of aryl methyl sites for hydroxylation is 2. The molecule has 6 heteroatoms. The smallest absolute Gasteiger partial charge is 0.229 e. The number of pyridine rings is 1. The molecule has 2 aromatic heterocycles. The second-order valence-electron chi connectivity index (χ2n) is 6.09. The molecule has 1 unspecified atom stereocenters. The predicted octanol–water partition coefficient (Wildman–Crippen LogP) is 3.01. The van der Waals surface area contributed by atoms with Gasteiger partial charge in [0.1, 0.15) is 5.82 Å². The molecule has 1 N–H and O–H groups in total. The van der Waals surface area contributed by atoms with Crippen molar-refractivity contribution >= 4 is 23.1 Å². The normalized spacial score (nSPS) is 18.8. The minimum atomic E-state index is 0.0184. The summed E-state index contributed by atoms with van der Waals surface area (Å²) >= 11 is 1.68. The molecule has 3 heterocycles. The topological polar surface area (TPSA) is 58.1 Å². The van der Waals surface area contributed by atoms with Gasteiger partial charge >= 0.3 is 0 Å². The molecule has 2 aromatic rings. The van der Waals surface area contributed by atoms with E-state index in [1.165, 1.54) is 0 Å². The summed E-state index contributed by atoms with van der Waals surface area (Å²) in [5.41, 5.74) is 2.10. The van der Waals surface area contributed by atoms with Crippen LogP contribution in [0.5, 0.6) is 0 Å². The molecule has 1 saturated heterocycles. The summed E-state index contributed by atoms with van der Waals surface area (Å²) in [6.45, 7) is 6.63. The number of thiazole rings is 1. The van der Waals surface area contributed by atoms with E-state index in [4.69, 9.17) is 0 Å². The van der Waals surface area contributed by atoms with Gasteiger partial charge in [-0.15, -0.1) is 11.3 Å². The van der Waals surface area contributed by atoms with Gasteiger partial charge in [-0.1, -0.05) is 6.07 Å². The van der Waals surface area contributed by atoms with Crippen LogP contribution in [-0.4, -0.2) is 33.9 Å². The number of nitrogens with zero attached hydrogens (tertiary/aromatic N) is 3. The number of carbonyl (C=O) groups excluding carboxylic acids is 1. The number of nitrogens with one attached hydrogen (secondary N) is 1. The third-order valence-corrected chi connectivity index (χ3v) is 5.00. The first-order chi connectivity index (χ1) is 11.1. The number of likely N-dealkylation sites (tertiary alicyclic amines) is 1. The van der Waals surface area contributed by atoms with Crippen molar-refractivity contribution in [1.29, 1.82) is 0 Å². The van der Waals surface area contributed by atoms with Gasteiger partial charge in [0, 0.05) is 24.7 Å². The lowest BCUT2D eigenvalue weighted by Gasteiger charge is -2.31. The lowest BCUT2D eigenvalue weighted by atomic mass is 9.97. The van der Waals surface area contributed by atoms with E-state index in [9.17, 15) is 4.79 Å². The molecule has 0 radical (unpaired) electrons. The highest BCUT2D eigenvalue weighted by Gasteiger charge is 2.26. The van der Waals surface area contributed by atoms with Crippen molar-refractivity contribution < 1.29 is 4.79 Å². The summed E-state index contributed by atoms with van der Waals surface area (Å²) in [6.07, 6.45) is 3.69. The van der Waals surface area contributed by atoms with E-state index in [1.807, 2.05) is 26.0 Å². The molecule has 0 spiro atoms. The second-order valence-corrected chi connectivity index (χ2v) is 7.15. The van der Waals surface area contributed by atoms with Crippen LogP contribution in [0.15, 0.2) is 23.7 Å². The van der Waals surface area contributed by atoms with Gasteiger partial charge in [-0.25, -0.2) is 9.97 Å². The van der Waals surface area contributed by atoms with E-state index in [0.29, 0.717) is 5.82 Å². The van der Waals surface area contributed by atoms with Crippen molar-refractivity contribution in [2.24, 2.45) is 5.92 Å². The molecule has 1 aliphatic rings. The molecule has 5 nitrogen and oxygen atoms in total. The molecule has 1 aliphatic heterocycles. The highest BCUT2D eigenvalue weighted by Crippen LogP contribution is 2.21. The fourth-order valence-electron chi connectivity index (χ4n) is 2.96. The average Bonchev–Trinajstić information content (AvgIpc) is 2.95. The SMILES string of the molecule is Cc1nc(CN2CCCC(C(=O)Nc3ncccc3C)C2)cs1. The number of piperidine rings is 1. The van der Waals surface area contributed by atoms with Crippen LogP contribution in [0, 0.1) is 19.8 Å². The Morgan fingerprint density at radius 2 is 2.35 bits per heavy atom. The fourth-order valence-corrected chi connectivity index (χ4v) is 3.56. The third kappa shape index (κ3) is 4.14. The molecule has 0 aliphatic carbocycles. The standard InChI is InChI=1S/C17H22N4OS/c1-12-5-3-7-18-16(12)20-17(22)14-6-4-8-21(9-14)10-15-11-23-13(2)19-15/h3,5,7,11,14H,4,6,8-10H2,1-2H3,(H,18,20,22). The monoisotopic (exact) mass is 330 g/mol. The first-order valence-corrected chi connectivity index (χ1v) is 8.85. The Bertz CT molecular complexity index is 685. The van der Waals surface area contributed by atoms with Gasteiger partial charge in [0.05, 0.1) is 16.6 Å². The van der Waals surface area contributed by atoms with E-state index < -0.39 is 0 Å². The molecule has 1 fully saturated rings. The van der Waals surface area contributed by atoms with Crippen molar-refractivity contribution in [3.05, 3.63) is 40.0 Å². The number of carbonyl (C=O) groups is 1. The number of anilines is 1. The van der Waals surface area contributed by atoms with Gasteiger partial charge in [-0.3, -0.25) is 9.69 Å². The summed E-state index contributed by atoms with van der Waals surface area (Å²) in [6, 6.07) is 3.84. The van der Waals surface area contributed by atoms with E-state index in [-0.39, 0.29) is 11.8 Å². The van der Waals surface area contributed by atoms with Gasteiger partial charge in [-0.05, 0) is 44.9 Å². The van der Waals surface area contributed by atoms with Crippen molar-refractivity contribution in [2.45, 2.75) is 33.2 Å². The molecule has 0 aromatic carbocycles. The quantitative estimate of drug-likeness (QED) is 0.936. The van der Waals surface area contributed by atoms with Crippen molar-refractivity contribution in [2.75, 3.05) is 18.4 Å². The zero-order valence-corrected chi connectivity index (χ0v) is 14.4. The zero-order valence-electron chi connectivity index (χ0n) is 13.6. The predicted molar refractivity (Wildman–Crippen MR) is 92.5 cm³/mol. The molecule has 1 atom stereocenters. The Balaban J connectivity index is 1.59. The van der Waals surface area contributed by atoms with Crippen LogP contribution in [0.2, 0.25) is 0 Å². The maximum atomic E-state index is 12.5. The summed E-state index contributed by atoms with van der Waals surface area (Å²) < 4.78 is 0. The largest absolute Gasteiger partial charge is 0.310 e. The minimum Gasteiger partial charge on any atom is -0.310 e. The Hall–Kier alpha value is -1.79. The number of hydrogen-bond donors (Lipinski definition) is 1. The molecule has 3 rings (SSSR count). The van der Waals surface area contributed by atoms with Crippen molar-refractivity contribution in [3.8, 4) is 0 Å². The van der Waals surface area contributed by atoms with Gasteiger partial charge < -0.3 is 5.32 Å². The van der Waals surface area contributed by atoms with E-state index in [0.717, 1.165) is 48.7 Å². The summed E-state index contributed by atoms with van der Waals surface area (Å²) in [7, 11) is 0. The molecule has 122 valence electrons. The fraction of sp³-hybridized carbons (Fsp3) is 0.471. The highest BCUT2D eigenvalue weighted by molar-refractivity contribution is 7.09. The first kappa shape index (κ1) is 16.1. The van der Waals surface area contributed by atoms with Gasteiger partial charge in [0.15, 0.2) is 0 Å². The van der Waals surface area contributed by atoms with Gasteiger partial charge in [-0.2, -0.15) is 0 Å². The van der Waals surface area contributed by atoms with Crippen LogP contribution in [0.3, 0.4) is 0 Å². The van der Waals surface area contributed by atoms with Crippen molar-refractivity contribution in [1.82, 2.24) is 14.9 Å². The molecule has 0 bridgehead atoms. The summed E-state index contributed by atoms with van der Waals surface area (Å²) in [5, 5.41) is 6.18. The molecular formula is C17H22N4OS. The van der Waals surface area contributed by atoms with Crippen LogP contribution in [0.25, 0.3) is 0 Å². The summed E-state index contributed by atoms with van der Waals surface area (Å²) in [4.78, 5) is 23.6. The Labute approximate surface area is 140 Å². The molecule has 1 amide bonds. The van der Waals surface area contributed by atoms with E-state index >= 15 is 0 Å². The maximum absolute atomic E-state index is 12.5. The zero-order chi connectivity index (χ0) is 16.2. The van der Waals surface area contributed by atoms with Crippen molar-refractivity contribution in [3.63, 3.8) is 0 Å². The Morgan fingerprint density at radius 3 is 3.09 bits per heavy atom. The van der Waals surface area contributed by atoms with E-state index in [1.54, 1.807) is 17.5 Å². The Morgan fingerprint density at radius 1 is 1.48 bits per heavy atom. The van der Waals surface area contributed by atoms with Gasteiger partial charge in [0.25, 0.3) is 0 Å². The molecular weight excluding hydrogens is 308 g/mol. The first-order valence-electron chi connectivity index (χ1n) is 7.97. The van der Waals surface area contributed by atoms with Crippen LogP contribution in [0.1, 0.15) is 29.1 Å². The maximum Gasteiger partial charge on any atom is 0.229 e. The highest BCUT2D eigenvalue weighted by atomic mass is 32.1. The van der Waals surface area contributed by atoms with Gasteiger partial charge in [0.2, 0.25) is 5.91 Å². The van der Waals surface area contributed by atoms with E-state index in [2.05, 4.69) is 25.6 Å². The number of hydrogen-bond acceptors (Lipinski definition) is 5. The van der Waals surface area contributed by atoms with Crippen LogP contribution in [0.4, 0.5) is 5.82 Å². The lowest BCUT2D eigenvalue weighted by Crippen LogP contribution is -2.40. The lowest BCUT2D eigenvalue weighted by molar-refractivity contribution is -0.121. The van der Waals surface area contributed by atoms with Crippen LogP contribution < -0.4 is 5.32 Å². The second kappa shape index (κ2) is 7.19. The number of rotatable bonds is 4. The molecule has 0 saturated carbocycles. The van der Waals surface area contributed by atoms with Crippen LogP contribution in [-0.2, 0) is 11.3 Å². The minimum absolute atomic E-state index is 0.0184. The average molecular weight is 330 g/mol. The number of aromatic nitrogens is 2. The third-order valence-electron chi connectivity index (χ3n) is 4.18. The summed E-state index contributed by atoms with van der Waals surface area (Å²) in [5.74, 6) is 0.764.